The van der Waals surface area contributed by atoms with E-state index in [1.807, 2.05) is 73.7 Å². The molecule has 0 unspecified atom stereocenters. The average molecular weight is 588 g/mol. The molecule has 1 aliphatic carbocycles. The van der Waals surface area contributed by atoms with Gasteiger partial charge in [0.2, 0.25) is 0 Å². The second-order valence-corrected chi connectivity index (χ2v) is 10.8. The molecule has 4 aromatic rings. The molecule has 0 spiro atoms. The molecule has 0 radical (unpaired) electrons. The van der Waals surface area contributed by atoms with Gasteiger partial charge in [-0.25, -0.2) is 9.98 Å². The van der Waals surface area contributed by atoms with E-state index in [-0.39, 0.29) is 0 Å². The van der Waals surface area contributed by atoms with Crippen LogP contribution in [0.15, 0.2) is 172 Å². The standard InChI is InChI=1S/C40H37N5/c1-29(23-36(24-30(2)41)32-15-9-5-10-16-32)35-25-37(33-19-21-43-22-20-33)27-38(26-35)39(42-3)45-40(34-17-11-6-12-18-34)44-28-31-13-7-4-8-14-31/h4,6-9,11-27H,1,3,5,10,28,41H2,2H3/b30-24-,36-23+,44-40?,45-39?. The molecular weight excluding hydrogens is 550 g/mol. The van der Waals surface area contributed by atoms with Crippen LogP contribution in [0, 0.1) is 0 Å². The lowest BCUT2D eigenvalue weighted by atomic mass is 9.93. The third kappa shape index (κ3) is 8.46. The minimum Gasteiger partial charge on any atom is -0.402 e. The van der Waals surface area contributed by atoms with Crippen LogP contribution in [0.25, 0.3) is 16.7 Å². The van der Waals surface area contributed by atoms with Gasteiger partial charge in [-0.2, -0.15) is 0 Å². The number of pyridine rings is 1. The first-order valence-corrected chi connectivity index (χ1v) is 15.0. The van der Waals surface area contributed by atoms with Gasteiger partial charge in [0.1, 0.15) is 0 Å². The van der Waals surface area contributed by atoms with Crippen molar-refractivity contribution in [2.75, 3.05) is 0 Å². The molecule has 5 rings (SSSR count). The first kappa shape index (κ1) is 30.8. The smallest absolute Gasteiger partial charge is 0.161 e. The molecule has 222 valence electrons. The van der Waals surface area contributed by atoms with E-state index in [1.165, 1.54) is 0 Å². The van der Waals surface area contributed by atoms with Crippen LogP contribution in [0.1, 0.15) is 42.0 Å². The average Bonchev–Trinajstić information content (AvgIpc) is 3.09. The van der Waals surface area contributed by atoms with Gasteiger partial charge in [-0.15, -0.1) is 0 Å². The lowest BCUT2D eigenvalue weighted by Crippen LogP contribution is -2.06. The molecule has 0 fully saturated rings. The van der Waals surface area contributed by atoms with E-state index in [2.05, 4.69) is 77.9 Å². The molecule has 2 N–H and O–H groups in total. The number of rotatable bonds is 9. The van der Waals surface area contributed by atoms with Gasteiger partial charge in [-0.3, -0.25) is 9.98 Å². The summed E-state index contributed by atoms with van der Waals surface area (Å²) in [6.07, 6.45) is 16.3. The predicted octanol–water partition coefficient (Wildman–Crippen LogP) is 8.92. The first-order valence-electron chi connectivity index (χ1n) is 15.0. The summed E-state index contributed by atoms with van der Waals surface area (Å²) in [5.74, 6) is 1.05. The molecular formula is C40H37N5. The van der Waals surface area contributed by atoms with Gasteiger partial charge in [0, 0.05) is 29.2 Å². The number of nitrogens with two attached hydrogens (primary N) is 1. The van der Waals surface area contributed by atoms with E-state index in [0.29, 0.717) is 18.2 Å². The molecule has 0 aliphatic heterocycles. The summed E-state index contributed by atoms with van der Waals surface area (Å²) in [7, 11) is 0. The fourth-order valence-corrected chi connectivity index (χ4v) is 5.02. The van der Waals surface area contributed by atoms with Crippen molar-refractivity contribution in [3.05, 3.63) is 179 Å². The zero-order chi connectivity index (χ0) is 31.4. The van der Waals surface area contributed by atoms with Gasteiger partial charge in [0.15, 0.2) is 11.7 Å². The quantitative estimate of drug-likeness (QED) is 0.121. The van der Waals surface area contributed by atoms with Crippen LogP contribution >= 0.6 is 0 Å². The highest BCUT2D eigenvalue weighted by Gasteiger charge is 2.13. The van der Waals surface area contributed by atoms with E-state index in [4.69, 9.17) is 15.7 Å². The van der Waals surface area contributed by atoms with E-state index in [1.54, 1.807) is 12.4 Å². The van der Waals surface area contributed by atoms with Crippen molar-refractivity contribution in [2.45, 2.75) is 26.3 Å². The topological polar surface area (TPSA) is 76.0 Å². The molecule has 0 atom stereocenters. The van der Waals surface area contributed by atoms with Crippen LogP contribution in [0.4, 0.5) is 0 Å². The Hall–Kier alpha value is -5.68. The minimum absolute atomic E-state index is 0.468. The molecule has 5 nitrogen and oxygen atoms in total. The van der Waals surface area contributed by atoms with Crippen LogP contribution < -0.4 is 5.73 Å². The van der Waals surface area contributed by atoms with E-state index < -0.39 is 0 Å². The van der Waals surface area contributed by atoms with Crippen LogP contribution in [-0.2, 0) is 6.54 Å². The molecule has 0 bridgehead atoms. The zero-order valence-electron chi connectivity index (χ0n) is 25.6. The highest BCUT2D eigenvalue weighted by atomic mass is 15.0. The summed E-state index contributed by atoms with van der Waals surface area (Å²) in [5.41, 5.74) is 15.6. The lowest BCUT2D eigenvalue weighted by molar-refractivity contribution is 1.02. The minimum atomic E-state index is 0.468. The second kappa shape index (κ2) is 15.2. The van der Waals surface area contributed by atoms with E-state index >= 15 is 0 Å². The number of hydrogen-bond acceptors (Lipinski definition) is 3. The fraction of sp³-hybridized carbons (Fsp3) is 0.100. The van der Waals surface area contributed by atoms with Crippen molar-refractivity contribution in [3.63, 3.8) is 0 Å². The monoisotopic (exact) mass is 587 g/mol. The highest BCUT2D eigenvalue weighted by Crippen LogP contribution is 2.29. The molecule has 3 aromatic carbocycles. The van der Waals surface area contributed by atoms with Gasteiger partial charge in [0.05, 0.1) is 6.54 Å². The Kier molecular flexibility index (Phi) is 10.4. The Morgan fingerprint density at radius 3 is 2.20 bits per heavy atom. The Labute approximate surface area is 266 Å². The molecule has 1 heterocycles. The molecule has 0 saturated heterocycles. The van der Waals surface area contributed by atoms with E-state index in [0.717, 1.165) is 68.6 Å². The highest BCUT2D eigenvalue weighted by molar-refractivity contribution is 6.13. The SMILES string of the molecule is C=NC(=NC(=NCc1ccccc1)c1ccccc1)c1cc(C(=C)/C=C(\C=C(\C)N)C2=CCCC=C2)cc(-c2ccncc2)c1. The number of hydrogen-bond donors (Lipinski definition) is 1. The summed E-state index contributed by atoms with van der Waals surface area (Å²) in [6, 6.07) is 30.3. The number of nitrogens with zero attached hydrogens (tertiary/aromatic N) is 4. The maximum atomic E-state index is 6.14. The van der Waals surface area contributed by atoms with Crippen LogP contribution in [0.5, 0.6) is 0 Å². The Bertz CT molecular complexity index is 1840. The van der Waals surface area contributed by atoms with Crippen molar-refractivity contribution in [3.8, 4) is 11.1 Å². The van der Waals surface area contributed by atoms with Gasteiger partial charge < -0.3 is 5.73 Å². The van der Waals surface area contributed by atoms with Crippen LogP contribution in [0.3, 0.4) is 0 Å². The molecule has 1 aliphatic rings. The van der Waals surface area contributed by atoms with Crippen molar-refractivity contribution in [1.29, 1.82) is 0 Å². The Balaban J connectivity index is 1.62. The Morgan fingerprint density at radius 2 is 1.53 bits per heavy atom. The van der Waals surface area contributed by atoms with Gasteiger partial charge in [0.25, 0.3) is 0 Å². The number of amidine groups is 2. The summed E-state index contributed by atoms with van der Waals surface area (Å²) in [4.78, 5) is 18.5. The summed E-state index contributed by atoms with van der Waals surface area (Å²) >= 11 is 0. The van der Waals surface area contributed by atoms with Gasteiger partial charge in [-0.05, 0) is 108 Å². The van der Waals surface area contributed by atoms with Crippen LogP contribution in [0.2, 0.25) is 0 Å². The number of aliphatic imine (C=N–C) groups is 3. The number of benzene rings is 3. The van der Waals surface area contributed by atoms with Gasteiger partial charge in [-0.1, -0.05) is 85.5 Å². The lowest BCUT2D eigenvalue weighted by Gasteiger charge is -2.13. The first-order chi connectivity index (χ1) is 22.0. The van der Waals surface area contributed by atoms with Gasteiger partial charge >= 0.3 is 0 Å². The zero-order valence-corrected chi connectivity index (χ0v) is 25.6. The van der Waals surface area contributed by atoms with Crippen LogP contribution in [-0.4, -0.2) is 23.4 Å². The summed E-state index contributed by atoms with van der Waals surface area (Å²) in [5, 5.41) is 0. The van der Waals surface area contributed by atoms with Crippen molar-refractivity contribution in [2.24, 2.45) is 20.7 Å². The summed E-state index contributed by atoms with van der Waals surface area (Å²) < 4.78 is 0. The maximum absolute atomic E-state index is 6.14. The number of aromatic nitrogens is 1. The molecule has 5 heteroatoms. The predicted molar refractivity (Wildman–Crippen MR) is 190 cm³/mol. The third-order valence-electron chi connectivity index (χ3n) is 7.26. The Morgan fingerprint density at radius 1 is 0.822 bits per heavy atom. The van der Waals surface area contributed by atoms with E-state index in [9.17, 15) is 0 Å². The largest absolute Gasteiger partial charge is 0.402 e. The molecule has 0 saturated carbocycles. The molecule has 1 aromatic heterocycles. The third-order valence-corrected chi connectivity index (χ3v) is 7.26. The normalized spacial score (nSPS) is 14.2. The number of allylic oxidation sites excluding steroid dienone is 9. The van der Waals surface area contributed by atoms with Crippen molar-refractivity contribution < 1.29 is 0 Å². The molecule has 45 heavy (non-hydrogen) atoms. The molecule has 0 amide bonds. The van der Waals surface area contributed by atoms with Crippen molar-refractivity contribution in [1.82, 2.24) is 4.98 Å². The van der Waals surface area contributed by atoms with Crippen molar-refractivity contribution >= 4 is 24.0 Å². The second-order valence-electron chi connectivity index (χ2n) is 10.8. The maximum Gasteiger partial charge on any atom is 0.161 e. The fourth-order valence-electron chi connectivity index (χ4n) is 5.02. The summed E-state index contributed by atoms with van der Waals surface area (Å²) in [6.45, 7) is 10.8.